The number of nitrogens with one attached hydrogen (secondary N) is 1. The molecule has 0 saturated carbocycles. The summed E-state index contributed by atoms with van der Waals surface area (Å²) in [7, 11) is 3.06. The van der Waals surface area contributed by atoms with Crippen LogP contribution < -0.4 is 14.2 Å². The molecule has 0 unspecified atom stereocenters. The van der Waals surface area contributed by atoms with Crippen molar-refractivity contribution in [2.24, 2.45) is 0 Å². The first-order valence-corrected chi connectivity index (χ1v) is 9.58. The van der Waals surface area contributed by atoms with Crippen LogP contribution in [0.4, 0.5) is 0 Å². The molecule has 0 fully saturated rings. The molecule has 30 heavy (non-hydrogen) atoms. The van der Waals surface area contributed by atoms with Gasteiger partial charge in [-0.3, -0.25) is 15.2 Å². The average molecular weight is 408 g/mol. The molecule has 0 saturated heterocycles. The second-order valence-electron chi connectivity index (χ2n) is 6.33. The van der Waals surface area contributed by atoms with E-state index in [4.69, 9.17) is 24.4 Å². The Hall–Kier alpha value is -3.61. The highest BCUT2D eigenvalue weighted by atomic mass is 16.5. The van der Waals surface area contributed by atoms with E-state index in [9.17, 15) is 4.79 Å². The van der Waals surface area contributed by atoms with Gasteiger partial charge in [0.1, 0.15) is 11.4 Å². The van der Waals surface area contributed by atoms with Gasteiger partial charge >= 0.3 is 0 Å². The summed E-state index contributed by atoms with van der Waals surface area (Å²) >= 11 is 0. The molecule has 7 nitrogen and oxygen atoms in total. The first-order valence-electron chi connectivity index (χ1n) is 9.58. The number of aromatic nitrogens is 1. The minimum Gasteiger partial charge on any atom is -0.494 e. The van der Waals surface area contributed by atoms with Crippen molar-refractivity contribution in [1.29, 1.82) is 5.41 Å². The number of rotatable bonds is 8. The SMILES string of the molecule is CCOC(=N)c1cnc(C(=O)c2cccc(OCC)c2)c2cc(OC)c(OC)cc12. The molecule has 0 amide bonds. The van der Waals surface area contributed by atoms with E-state index in [1.165, 1.54) is 20.4 Å². The number of hydrogen-bond acceptors (Lipinski definition) is 7. The highest BCUT2D eigenvalue weighted by Crippen LogP contribution is 2.35. The molecule has 1 aromatic heterocycles. The quantitative estimate of drug-likeness (QED) is 0.341. The van der Waals surface area contributed by atoms with Gasteiger partial charge in [-0.05, 0) is 38.1 Å². The van der Waals surface area contributed by atoms with E-state index in [2.05, 4.69) is 4.98 Å². The summed E-state index contributed by atoms with van der Waals surface area (Å²) < 4.78 is 21.7. The fourth-order valence-electron chi connectivity index (χ4n) is 3.18. The van der Waals surface area contributed by atoms with Gasteiger partial charge in [-0.2, -0.15) is 0 Å². The summed E-state index contributed by atoms with van der Waals surface area (Å²) in [5.74, 6) is 1.27. The second-order valence-corrected chi connectivity index (χ2v) is 6.33. The van der Waals surface area contributed by atoms with Crippen molar-refractivity contribution in [2.75, 3.05) is 27.4 Å². The summed E-state index contributed by atoms with van der Waals surface area (Å²) in [5.41, 5.74) is 1.16. The minimum atomic E-state index is -0.261. The molecular formula is C23H24N2O5. The molecular weight excluding hydrogens is 384 g/mol. The van der Waals surface area contributed by atoms with Gasteiger partial charge in [0, 0.05) is 22.5 Å². The molecule has 0 bridgehead atoms. The van der Waals surface area contributed by atoms with E-state index >= 15 is 0 Å². The van der Waals surface area contributed by atoms with Crippen LogP contribution in [0.2, 0.25) is 0 Å². The first kappa shape index (κ1) is 21.1. The van der Waals surface area contributed by atoms with Gasteiger partial charge in [-0.25, -0.2) is 0 Å². The number of nitrogens with zero attached hydrogens (tertiary/aromatic N) is 1. The summed E-state index contributed by atoms with van der Waals surface area (Å²) in [6.07, 6.45) is 1.48. The van der Waals surface area contributed by atoms with Crippen molar-refractivity contribution < 1.29 is 23.7 Å². The predicted octanol–water partition coefficient (Wildman–Crippen LogP) is 4.24. The molecule has 1 heterocycles. The van der Waals surface area contributed by atoms with Crippen LogP contribution in [0.1, 0.15) is 35.5 Å². The molecule has 0 atom stereocenters. The average Bonchev–Trinajstić information content (AvgIpc) is 2.77. The molecule has 0 aliphatic rings. The predicted molar refractivity (Wildman–Crippen MR) is 114 cm³/mol. The van der Waals surface area contributed by atoms with Crippen LogP contribution in [-0.2, 0) is 4.74 Å². The van der Waals surface area contributed by atoms with Crippen LogP contribution >= 0.6 is 0 Å². The third-order valence-corrected chi connectivity index (χ3v) is 4.55. The Balaban J connectivity index is 2.22. The second kappa shape index (κ2) is 9.26. The smallest absolute Gasteiger partial charge is 0.215 e. The van der Waals surface area contributed by atoms with E-state index in [1.807, 2.05) is 6.92 Å². The number of pyridine rings is 1. The molecule has 7 heteroatoms. The number of benzene rings is 2. The summed E-state index contributed by atoms with van der Waals surface area (Å²) in [6, 6.07) is 10.4. The zero-order valence-corrected chi connectivity index (χ0v) is 17.4. The summed E-state index contributed by atoms with van der Waals surface area (Å²) in [4.78, 5) is 17.7. The zero-order chi connectivity index (χ0) is 21.7. The monoisotopic (exact) mass is 408 g/mol. The molecule has 3 aromatic rings. The first-order chi connectivity index (χ1) is 14.5. The number of carbonyl (C=O) groups excluding carboxylic acids is 1. The molecule has 2 aromatic carbocycles. The topological polar surface area (TPSA) is 90.7 Å². The van der Waals surface area contributed by atoms with Gasteiger partial charge < -0.3 is 18.9 Å². The van der Waals surface area contributed by atoms with E-state index < -0.39 is 0 Å². The van der Waals surface area contributed by atoms with Crippen LogP contribution in [0.15, 0.2) is 42.6 Å². The Labute approximate surface area is 175 Å². The van der Waals surface area contributed by atoms with Crippen molar-refractivity contribution in [3.8, 4) is 17.2 Å². The number of ketones is 1. The van der Waals surface area contributed by atoms with Gasteiger partial charge in [-0.1, -0.05) is 12.1 Å². The Morgan fingerprint density at radius 3 is 2.33 bits per heavy atom. The largest absolute Gasteiger partial charge is 0.494 e. The van der Waals surface area contributed by atoms with Gasteiger partial charge in [0.05, 0.1) is 33.0 Å². The lowest BCUT2D eigenvalue weighted by atomic mass is 9.99. The fourth-order valence-corrected chi connectivity index (χ4v) is 3.18. The molecule has 156 valence electrons. The van der Waals surface area contributed by atoms with Gasteiger partial charge in [0.25, 0.3) is 0 Å². The maximum absolute atomic E-state index is 13.3. The third kappa shape index (κ3) is 4.05. The number of hydrogen-bond donors (Lipinski definition) is 1. The van der Waals surface area contributed by atoms with Crippen molar-refractivity contribution in [3.05, 3.63) is 59.4 Å². The maximum atomic E-state index is 13.3. The van der Waals surface area contributed by atoms with Gasteiger partial charge in [0.15, 0.2) is 11.5 Å². The molecule has 3 rings (SSSR count). The van der Waals surface area contributed by atoms with Gasteiger partial charge in [0.2, 0.25) is 11.7 Å². The van der Waals surface area contributed by atoms with Gasteiger partial charge in [-0.15, -0.1) is 0 Å². The Morgan fingerprint density at radius 1 is 1.00 bits per heavy atom. The van der Waals surface area contributed by atoms with Crippen molar-refractivity contribution in [1.82, 2.24) is 4.98 Å². The van der Waals surface area contributed by atoms with Crippen LogP contribution in [0, 0.1) is 5.41 Å². The van der Waals surface area contributed by atoms with E-state index in [0.717, 1.165) is 0 Å². The number of carbonyl (C=O) groups is 1. The lowest BCUT2D eigenvalue weighted by molar-refractivity contribution is 0.103. The maximum Gasteiger partial charge on any atom is 0.215 e. The number of fused-ring (bicyclic) bond motifs is 1. The lowest BCUT2D eigenvalue weighted by Gasteiger charge is -2.15. The summed E-state index contributed by atoms with van der Waals surface area (Å²) in [5, 5.41) is 9.38. The van der Waals surface area contributed by atoms with Crippen LogP contribution in [0.5, 0.6) is 17.2 Å². The Kier molecular flexibility index (Phi) is 6.51. The number of ether oxygens (including phenoxy) is 4. The highest BCUT2D eigenvalue weighted by molar-refractivity contribution is 6.18. The van der Waals surface area contributed by atoms with E-state index in [0.29, 0.717) is 52.4 Å². The Bertz CT molecular complexity index is 1090. The molecule has 0 aliphatic heterocycles. The highest BCUT2D eigenvalue weighted by Gasteiger charge is 2.21. The molecule has 1 N–H and O–H groups in total. The van der Waals surface area contributed by atoms with E-state index in [1.54, 1.807) is 43.3 Å². The van der Waals surface area contributed by atoms with Crippen LogP contribution in [-0.4, -0.2) is 44.1 Å². The van der Waals surface area contributed by atoms with Crippen molar-refractivity contribution in [2.45, 2.75) is 13.8 Å². The van der Waals surface area contributed by atoms with Crippen LogP contribution in [0.3, 0.4) is 0 Å². The molecule has 0 radical (unpaired) electrons. The number of methoxy groups -OCH3 is 2. The Morgan fingerprint density at radius 2 is 1.70 bits per heavy atom. The lowest BCUT2D eigenvalue weighted by Crippen LogP contribution is -2.11. The summed E-state index contributed by atoms with van der Waals surface area (Å²) in [6.45, 7) is 4.54. The third-order valence-electron chi connectivity index (χ3n) is 4.55. The minimum absolute atomic E-state index is 0.0282. The zero-order valence-electron chi connectivity index (χ0n) is 17.4. The molecule has 0 aliphatic carbocycles. The fraction of sp³-hybridized carbons (Fsp3) is 0.261. The van der Waals surface area contributed by atoms with Crippen LogP contribution in [0.25, 0.3) is 10.8 Å². The van der Waals surface area contributed by atoms with Crippen molar-refractivity contribution >= 4 is 22.5 Å². The van der Waals surface area contributed by atoms with E-state index in [-0.39, 0.29) is 17.4 Å². The molecule has 0 spiro atoms. The standard InChI is InChI=1S/C23H24N2O5/c1-5-29-15-9-7-8-14(10-15)22(26)21-17-12-20(28-4)19(27-3)11-16(17)18(13-25-21)23(24)30-6-2/h7-13,24H,5-6H2,1-4H3. The van der Waals surface area contributed by atoms with Crippen molar-refractivity contribution in [3.63, 3.8) is 0 Å². The normalized spacial score (nSPS) is 10.5.